The van der Waals surface area contributed by atoms with Crippen LogP contribution in [0.4, 0.5) is 36.4 Å². The smallest absolute Gasteiger partial charge is 0.284 e. The van der Waals surface area contributed by atoms with Gasteiger partial charge in [0, 0.05) is 18.3 Å². The first-order valence-corrected chi connectivity index (χ1v) is 6.53. The highest BCUT2D eigenvalue weighted by atomic mass is 19.4. The molecule has 0 aliphatic carbocycles. The number of nitrogens with zero attached hydrogens (tertiary/aromatic N) is 1. The van der Waals surface area contributed by atoms with Crippen LogP contribution in [0.2, 0.25) is 0 Å². The van der Waals surface area contributed by atoms with Crippen LogP contribution in [-0.2, 0) is 5.67 Å². The maximum atomic E-state index is 14.1. The molecule has 0 radical (unpaired) electrons. The van der Waals surface area contributed by atoms with Gasteiger partial charge in [0.15, 0.2) is 0 Å². The first-order valence-electron chi connectivity index (χ1n) is 6.53. The number of anilines is 1. The molecule has 0 aromatic heterocycles. The lowest BCUT2D eigenvalue weighted by Gasteiger charge is -2.32. The molecule has 2 rings (SSSR count). The Labute approximate surface area is 127 Å². The van der Waals surface area contributed by atoms with Gasteiger partial charge in [-0.25, -0.2) is 9.82 Å². The first-order chi connectivity index (χ1) is 10.4. The molecule has 1 N–H and O–H groups in total. The van der Waals surface area contributed by atoms with E-state index in [1.165, 1.54) is 18.9 Å². The van der Waals surface area contributed by atoms with Crippen LogP contribution in [0.15, 0.2) is 24.4 Å². The molecule has 0 saturated carbocycles. The van der Waals surface area contributed by atoms with Crippen molar-refractivity contribution < 1.29 is 30.7 Å². The fourth-order valence-electron chi connectivity index (χ4n) is 2.54. The van der Waals surface area contributed by atoms with Crippen LogP contribution in [0.25, 0.3) is 0 Å². The van der Waals surface area contributed by atoms with Crippen molar-refractivity contribution in [2.24, 2.45) is 0 Å². The molecular formula is C14H13F7N2. The topological polar surface area (TPSA) is 15.3 Å². The molecule has 23 heavy (non-hydrogen) atoms. The van der Waals surface area contributed by atoms with Gasteiger partial charge in [0.1, 0.15) is 0 Å². The van der Waals surface area contributed by atoms with Crippen LogP contribution >= 0.6 is 0 Å². The monoisotopic (exact) mass is 342 g/mol. The van der Waals surface area contributed by atoms with Gasteiger partial charge in [-0.15, -0.1) is 0 Å². The van der Waals surface area contributed by atoms with Crippen LogP contribution in [0.5, 0.6) is 0 Å². The second kappa shape index (κ2) is 5.40. The van der Waals surface area contributed by atoms with Gasteiger partial charge < -0.3 is 0 Å². The third-order valence-corrected chi connectivity index (χ3v) is 3.54. The number of hydrogen-bond acceptors (Lipinski definition) is 2. The van der Waals surface area contributed by atoms with Gasteiger partial charge in [-0.1, -0.05) is 18.2 Å². The van der Waals surface area contributed by atoms with Gasteiger partial charge in [0.25, 0.3) is 0 Å². The minimum Gasteiger partial charge on any atom is -0.284 e. The highest BCUT2D eigenvalue weighted by molar-refractivity contribution is 5.62. The summed E-state index contributed by atoms with van der Waals surface area (Å²) in [6, 6.07) is 1.16. The lowest BCUT2D eigenvalue weighted by Crippen LogP contribution is -2.50. The molecule has 1 aromatic rings. The Morgan fingerprint density at radius 2 is 1.39 bits per heavy atom. The third-order valence-electron chi connectivity index (χ3n) is 3.54. The first kappa shape index (κ1) is 17.6. The van der Waals surface area contributed by atoms with Crippen molar-refractivity contribution in [3.8, 4) is 0 Å². The minimum absolute atomic E-state index is 0.0922. The SMILES string of the molecule is Cc1cc(C(F)(C(F)(F)F)C(F)(F)F)cc(C)c1N1C=CCN1. The molecule has 0 fully saturated rings. The van der Waals surface area contributed by atoms with Gasteiger partial charge in [0.2, 0.25) is 0 Å². The highest BCUT2D eigenvalue weighted by Gasteiger charge is 2.73. The van der Waals surface area contributed by atoms with E-state index in [2.05, 4.69) is 5.43 Å². The molecule has 0 spiro atoms. The summed E-state index contributed by atoms with van der Waals surface area (Å²) in [5.41, 5.74) is -3.46. The van der Waals surface area contributed by atoms with Gasteiger partial charge in [0.05, 0.1) is 5.69 Å². The molecule has 1 aliphatic rings. The van der Waals surface area contributed by atoms with E-state index in [1.807, 2.05) is 0 Å². The van der Waals surface area contributed by atoms with Crippen molar-refractivity contribution in [3.63, 3.8) is 0 Å². The van der Waals surface area contributed by atoms with Crippen LogP contribution in [0.1, 0.15) is 16.7 Å². The standard InChI is InChI=1S/C14H13F7N2/c1-8-6-10(12(15,13(16,17)18)14(19,20)21)7-9(2)11(8)23-5-3-4-22-23/h3,5-7,22H,4H2,1-2H3. The van der Waals surface area contributed by atoms with Crippen molar-refractivity contribution in [1.82, 2.24) is 5.43 Å². The van der Waals surface area contributed by atoms with Crippen molar-refractivity contribution in [3.05, 3.63) is 41.1 Å². The molecule has 0 amide bonds. The summed E-state index contributed by atoms with van der Waals surface area (Å²) >= 11 is 0. The highest BCUT2D eigenvalue weighted by Crippen LogP contribution is 2.53. The Kier molecular flexibility index (Phi) is 4.13. The predicted molar refractivity (Wildman–Crippen MR) is 70.4 cm³/mol. The van der Waals surface area contributed by atoms with Crippen molar-refractivity contribution >= 4 is 5.69 Å². The lowest BCUT2D eigenvalue weighted by molar-refractivity contribution is -0.348. The normalized spacial score (nSPS) is 16.3. The molecular weight excluding hydrogens is 329 g/mol. The van der Waals surface area contributed by atoms with Crippen LogP contribution in [0.3, 0.4) is 0 Å². The molecule has 1 aliphatic heterocycles. The number of aryl methyl sites for hydroxylation is 2. The van der Waals surface area contributed by atoms with Crippen molar-refractivity contribution in [2.75, 3.05) is 11.6 Å². The molecule has 0 unspecified atom stereocenters. The number of hydrogen-bond donors (Lipinski definition) is 1. The zero-order valence-corrected chi connectivity index (χ0v) is 12.1. The molecule has 1 heterocycles. The molecule has 0 atom stereocenters. The number of nitrogens with one attached hydrogen (secondary N) is 1. The number of rotatable bonds is 2. The zero-order valence-electron chi connectivity index (χ0n) is 12.1. The maximum Gasteiger partial charge on any atom is 0.435 e. The van der Waals surface area contributed by atoms with Crippen LogP contribution < -0.4 is 10.4 Å². The Morgan fingerprint density at radius 3 is 1.74 bits per heavy atom. The summed E-state index contributed by atoms with van der Waals surface area (Å²) in [7, 11) is 0. The van der Waals surface area contributed by atoms with E-state index < -0.39 is 23.6 Å². The van der Waals surface area contributed by atoms with Crippen molar-refractivity contribution in [2.45, 2.75) is 31.9 Å². The van der Waals surface area contributed by atoms with Crippen LogP contribution in [-0.4, -0.2) is 18.9 Å². The zero-order chi connectivity index (χ0) is 17.6. The minimum atomic E-state index is -6.11. The second-order valence-electron chi connectivity index (χ2n) is 5.23. The van der Waals surface area contributed by atoms with E-state index in [4.69, 9.17) is 0 Å². The Balaban J connectivity index is 2.61. The molecule has 0 saturated heterocycles. The summed E-state index contributed by atoms with van der Waals surface area (Å²) < 4.78 is 91.0. The Bertz CT molecular complexity index is 594. The van der Waals surface area contributed by atoms with E-state index >= 15 is 0 Å². The van der Waals surface area contributed by atoms with E-state index in [-0.39, 0.29) is 11.1 Å². The predicted octanol–water partition coefficient (Wildman–Crippen LogP) is 4.43. The van der Waals surface area contributed by atoms with Crippen molar-refractivity contribution in [1.29, 1.82) is 0 Å². The summed E-state index contributed by atoms with van der Waals surface area (Å²) in [4.78, 5) is 0. The Morgan fingerprint density at radius 1 is 0.913 bits per heavy atom. The average molecular weight is 342 g/mol. The lowest BCUT2D eigenvalue weighted by atomic mass is 9.90. The molecule has 0 bridgehead atoms. The Hall–Kier alpha value is -1.77. The summed E-state index contributed by atoms with van der Waals surface area (Å²) in [6.07, 6.45) is -8.92. The van der Waals surface area contributed by atoms with Gasteiger partial charge in [-0.2, -0.15) is 26.3 Å². The summed E-state index contributed by atoms with van der Waals surface area (Å²) in [6.45, 7) is 3.12. The second-order valence-corrected chi connectivity index (χ2v) is 5.23. The fraction of sp³-hybridized carbons (Fsp3) is 0.429. The van der Waals surface area contributed by atoms with Gasteiger partial charge in [-0.05, 0) is 25.0 Å². The van der Waals surface area contributed by atoms with E-state index in [0.29, 0.717) is 24.4 Å². The summed E-state index contributed by atoms with van der Waals surface area (Å²) in [5.74, 6) is 0. The van der Waals surface area contributed by atoms with E-state index in [0.717, 1.165) is 0 Å². The number of benzene rings is 1. The molecule has 9 heteroatoms. The number of alkyl halides is 7. The molecule has 128 valence electrons. The largest absolute Gasteiger partial charge is 0.435 e. The molecule has 1 aromatic carbocycles. The van der Waals surface area contributed by atoms with Crippen LogP contribution in [0, 0.1) is 13.8 Å². The fourth-order valence-corrected chi connectivity index (χ4v) is 2.54. The van der Waals surface area contributed by atoms with Gasteiger partial charge in [-0.3, -0.25) is 5.01 Å². The average Bonchev–Trinajstić information content (AvgIpc) is 2.87. The number of hydrazine groups is 1. The maximum absolute atomic E-state index is 14.1. The van der Waals surface area contributed by atoms with E-state index in [1.54, 1.807) is 12.3 Å². The third kappa shape index (κ3) is 2.77. The van der Waals surface area contributed by atoms with Gasteiger partial charge >= 0.3 is 18.0 Å². The quantitative estimate of drug-likeness (QED) is 0.800. The number of halogens is 7. The van der Waals surface area contributed by atoms with E-state index in [9.17, 15) is 30.7 Å². The summed E-state index contributed by atoms with van der Waals surface area (Å²) in [5, 5.41) is 1.47. The molecule has 2 nitrogen and oxygen atoms in total.